The molecule has 0 radical (unpaired) electrons. The Morgan fingerprint density at radius 3 is 2.03 bits per heavy atom. The molecule has 33 heavy (non-hydrogen) atoms. The molecule has 164 valence electrons. The molecule has 1 unspecified atom stereocenters. The first-order chi connectivity index (χ1) is 16.3. The lowest BCUT2D eigenvalue weighted by molar-refractivity contribution is 0.0935. The molecule has 5 heteroatoms. The number of hydrogen-bond acceptors (Lipinski definition) is 4. The minimum absolute atomic E-state index is 0.118. The highest BCUT2D eigenvalue weighted by Crippen LogP contribution is 2.34. The quantitative estimate of drug-likeness (QED) is 0.390. The topological polar surface area (TPSA) is 59.6 Å². The molecule has 4 aromatic carbocycles. The molecule has 2 N–H and O–H groups in total. The lowest BCUT2D eigenvalue weighted by Crippen LogP contribution is -2.38. The smallest absolute Gasteiger partial charge is 0.255 e. The predicted molar refractivity (Wildman–Crippen MR) is 128 cm³/mol. The number of rotatable bonds is 7. The van der Waals surface area contributed by atoms with Crippen molar-refractivity contribution in [3.05, 3.63) is 125 Å². The van der Waals surface area contributed by atoms with Crippen LogP contribution in [0.15, 0.2) is 103 Å². The van der Waals surface area contributed by atoms with Crippen LogP contribution in [0.2, 0.25) is 0 Å². The standard InChI is InChI=1S/C28H24N2O3/c31-28-23-13-7-8-14-25(23)29-27(30-28)24-16-15-22(32-18-20-9-3-1-4-10-20)17-26(24)33-19-21-11-5-2-6-12-21/h1-17,27,29H,18-19H2,(H,30,31). The Morgan fingerprint density at radius 2 is 1.30 bits per heavy atom. The fraction of sp³-hybridized carbons (Fsp3) is 0.107. The summed E-state index contributed by atoms with van der Waals surface area (Å²) in [6.45, 7) is 0.872. The molecular formula is C28H24N2O3. The van der Waals surface area contributed by atoms with Gasteiger partial charge in [0.1, 0.15) is 30.9 Å². The molecule has 0 bridgehead atoms. The Bertz CT molecular complexity index is 1240. The van der Waals surface area contributed by atoms with Gasteiger partial charge < -0.3 is 20.1 Å². The largest absolute Gasteiger partial charge is 0.489 e. The van der Waals surface area contributed by atoms with Crippen molar-refractivity contribution >= 4 is 11.6 Å². The van der Waals surface area contributed by atoms with Gasteiger partial charge in [-0.25, -0.2) is 0 Å². The summed E-state index contributed by atoms with van der Waals surface area (Å²) in [7, 11) is 0. The van der Waals surface area contributed by atoms with Crippen molar-refractivity contribution in [3.8, 4) is 11.5 Å². The van der Waals surface area contributed by atoms with Crippen molar-refractivity contribution in [2.24, 2.45) is 0 Å². The zero-order valence-corrected chi connectivity index (χ0v) is 18.0. The zero-order chi connectivity index (χ0) is 22.5. The van der Waals surface area contributed by atoms with Gasteiger partial charge in [-0.2, -0.15) is 0 Å². The second-order valence-corrected chi connectivity index (χ2v) is 7.84. The summed E-state index contributed by atoms with van der Waals surface area (Å²) in [5, 5.41) is 6.44. The van der Waals surface area contributed by atoms with E-state index in [1.54, 1.807) is 6.07 Å². The number of amides is 1. The molecule has 0 saturated heterocycles. The first-order valence-electron chi connectivity index (χ1n) is 10.9. The van der Waals surface area contributed by atoms with Crippen molar-refractivity contribution in [3.63, 3.8) is 0 Å². The van der Waals surface area contributed by atoms with E-state index in [4.69, 9.17) is 9.47 Å². The number of hydrogen-bond donors (Lipinski definition) is 2. The van der Waals surface area contributed by atoms with E-state index < -0.39 is 6.17 Å². The summed E-state index contributed by atoms with van der Waals surface area (Å²) in [6.07, 6.45) is -0.415. The van der Waals surface area contributed by atoms with Crippen LogP contribution in [0.4, 0.5) is 5.69 Å². The second-order valence-electron chi connectivity index (χ2n) is 7.84. The highest BCUT2D eigenvalue weighted by Gasteiger charge is 2.26. The molecule has 1 aliphatic rings. The van der Waals surface area contributed by atoms with Crippen molar-refractivity contribution in [1.82, 2.24) is 5.32 Å². The maximum atomic E-state index is 12.7. The van der Waals surface area contributed by atoms with Crippen LogP contribution >= 0.6 is 0 Å². The van der Waals surface area contributed by atoms with Crippen molar-refractivity contribution < 1.29 is 14.3 Å². The van der Waals surface area contributed by atoms with Gasteiger partial charge in [-0.3, -0.25) is 4.79 Å². The lowest BCUT2D eigenvalue weighted by Gasteiger charge is -2.29. The van der Waals surface area contributed by atoms with E-state index in [2.05, 4.69) is 10.6 Å². The van der Waals surface area contributed by atoms with Crippen LogP contribution in [-0.2, 0) is 13.2 Å². The molecule has 0 fully saturated rings. The minimum atomic E-state index is -0.415. The van der Waals surface area contributed by atoms with E-state index in [1.807, 2.05) is 97.1 Å². The number of fused-ring (bicyclic) bond motifs is 1. The van der Waals surface area contributed by atoms with Crippen LogP contribution in [-0.4, -0.2) is 5.91 Å². The Kier molecular flexibility index (Phi) is 5.93. The summed E-state index contributed by atoms with van der Waals surface area (Å²) >= 11 is 0. The maximum Gasteiger partial charge on any atom is 0.255 e. The molecule has 0 aliphatic carbocycles. The molecule has 5 rings (SSSR count). The molecule has 0 saturated carbocycles. The number of anilines is 1. The summed E-state index contributed by atoms with van der Waals surface area (Å²) in [5.74, 6) is 1.24. The van der Waals surface area contributed by atoms with E-state index in [0.29, 0.717) is 30.3 Å². The van der Waals surface area contributed by atoms with Gasteiger partial charge in [0, 0.05) is 17.3 Å². The lowest BCUT2D eigenvalue weighted by atomic mass is 10.0. The van der Waals surface area contributed by atoms with Gasteiger partial charge >= 0.3 is 0 Å². The Hall–Kier alpha value is -4.25. The van der Waals surface area contributed by atoms with Crippen LogP contribution in [0.5, 0.6) is 11.5 Å². The molecule has 5 nitrogen and oxygen atoms in total. The molecule has 1 atom stereocenters. The van der Waals surface area contributed by atoms with E-state index >= 15 is 0 Å². The Labute approximate surface area is 193 Å². The highest BCUT2D eigenvalue weighted by molar-refractivity contribution is 6.01. The summed E-state index contributed by atoms with van der Waals surface area (Å²) in [4.78, 5) is 12.7. The summed E-state index contributed by atoms with van der Waals surface area (Å²) in [5.41, 5.74) is 4.41. The number of carbonyl (C=O) groups is 1. The molecule has 0 aromatic heterocycles. The van der Waals surface area contributed by atoms with Crippen molar-refractivity contribution in [2.75, 3.05) is 5.32 Å². The van der Waals surface area contributed by atoms with Crippen LogP contribution < -0.4 is 20.1 Å². The first kappa shape index (κ1) is 20.6. The van der Waals surface area contributed by atoms with Crippen molar-refractivity contribution in [1.29, 1.82) is 0 Å². The minimum Gasteiger partial charge on any atom is -0.489 e. The zero-order valence-electron chi connectivity index (χ0n) is 18.0. The molecule has 1 heterocycles. The van der Waals surface area contributed by atoms with Gasteiger partial charge in [0.15, 0.2) is 0 Å². The molecule has 0 spiro atoms. The van der Waals surface area contributed by atoms with Crippen molar-refractivity contribution in [2.45, 2.75) is 19.4 Å². The summed E-state index contributed by atoms with van der Waals surface area (Å²) in [6, 6.07) is 33.2. The normalized spacial score (nSPS) is 14.5. The van der Waals surface area contributed by atoms with Gasteiger partial charge in [-0.05, 0) is 35.4 Å². The molecule has 1 aliphatic heterocycles. The SMILES string of the molecule is O=C1NC(c2ccc(OCc3ccccc3)cc2OCc2ccccc2)Nc2ccccc21. The predicted octanol–water partition coefficient (Wildman–Crippen LogP) is 5.70. The van der Waals surface area contributed by atoms with E-state index in [9.17, 15) is 4.79 Å². The highest BCUT2D eigenvalue weighted by atomic mass is 16.5. The van der Waals surface area contributed by atoms with Crippen LogP contribution in [0, 0.1) is 0 Å². The summed E-state index contributed by atoms with van der Waals surface area (Å²) < 4.78 is 12.2. The number of benzene rings is 4. The van der Waals surface area contributed by atoms with Crippen LogP contribution in [0.25, 0.3) is 0 Å². The third kappa shape index (κ3) is 4.83. The van der Waals surface area contributed by atoms with E-state index in [1.165, 1.54) is 0 Å². The van der Waals surface area contributed by atoms with Gasteiger partial charge in [-0.15, -0.1) is 0 Å². The number of nitrogens with one attached hydrogen (secondary N) is 2. The molecular weight excluding hydrogens is 412 g/mol. The van der Waals surface area contributed by atoms with Crippen LogP contribution in [0.1, 0.15) is 33.2 Å². The fourth-order valence-electron chi connectivity index (χ4n) is 3.81. The van der Waals surface area contributed by atoms with Gasteiger partial charge in [-0.1, -0.05) is 72.8 Å². The molecule has 4 aromatic rings. The van der Waals surface area contributed by atoms with E-state index in [-0.39, 0.29) is 5.91 Å². The second kappa shape index (κ2) is 9.49. The van der Waals surface area contributed by atoms with E-state index in [0.717, 1.165) is 22.4 Å². The number of carbonyl (C=O) groups excluding carboxylic acids is 1. The molecule has 1 amide bonds. The maximum absolute atomic E-state index is 12.7. The van der Waals surface area contributed by atoms with Gasteiger partial charge in [0.25, 0.3) is 5.91 Å². The number of ether oxygens (including phenoxy) is 2. The number of para-hydroxylation sites is 1. The van der Waals surface area contributed by atoms with Crippen LogP contribution in [0.3, 0.4) is 0 Å². The third-order valence-corrected chi connectivity index (χ3v) is 5.53. The van der Waals surface area contributed by atoms with Gasteiger partial charge in [0.2, 0.25) is 0 Å². The monoisotopic (exact) mass is 436 g/mol. The van der Waals surface area contributed by atoms with Gasteiger partial charge in [0.05, 0.1) is 5.56 Å². The Balaban J connectivity index is 1.41. The fourth-order valence-corrected chi connectivity index (χ4v) is 3.81. The third-order valence-electron chi connectivity index (χ3n) is 5.53. The Morgan fingerprint density at radius 1 is 0.667 bits per heavy atom. The average Bonchev–Trinajstić information content (AvgIpc) is 2.87. The first-order valence-corrected chi connectivity index (χ1v) is 10.9. The average molecular weight is 437 g/mol.